The van der Waals surface area contributed by atoms with Gasteiger partial charge < -0.3 is 14.9 Å². The van der Waals surface area contributed by atoms with E-state index in [1.54, 1.807) is 12.1 Å². The van der Waals surface area contributed by atoms with Crippen molar-refractivity contribution in [3.8, 4) is 11.5 Å². The molecule has 2 rings (SSSR count). The SMILES string of the molecule is Cc1cc(O)cc2c1O[C@](C)(CO)CC2. The zero-order valence-electron chi connectivity index (χ0n) is 9.08. The molecule has 1 aromatic rings. The predicted octanol–water partition coefficient (Wildman–Crippen LogP) is 1.78. The monoisotopic (exact) mass is 208 g/mol. The zero-order valence-corrected chi connectivity index (χ0v) is 9.08. The van der Waals surface area contributed by atoms with Crippen molar-refractivity contribution >= 4 is 0 Å². The smallest absolute Gasteiger partial charge is 0.129 e. The Labute approximate surface area is 89.3 Å². The Morgan fingerprint density at radius 1 is 1.47 bits per heavy atom. The molecule has 1 aromatic carbocycles. The molecule has 1 aliphatic rings. The summed E-state index contributed by atoms with van der Waals surface area (Å²) < 4.78 is 5.79. The van der Waals surface area contributed by atoms with E-state index in [1.165, 1.54) is 0 Å². The van der Waals surface area contributed by atoms with Crippen molar-refractivity contribution in [2.75, 3.05) is 6.61 Å². The highest BCUT2D eigenvalue weighted by Crippen LogP contribution is 2.37. The van der Waals surface area contributed by atoms with Gasteiger partial charge in [0, 0.05) is 0 Å². The normalized spacial score (nSPS) is 24.5. The van der Waals surface area contributed by atoms with Crippen LogP contribution in [0.5, 0.6) is 11.5 Å². The molecule has 1 atom stereocenters. The third kappa shape index (κ3) is 1.79. The van der Waals surface area contributed by atoms with E-state index in [9.17, 15) is 10.2 Å². The molecule has 0 aliphatic carbocycles. The van der Waals surface area contributed by atoms with Gasteiger partial charge in [0.1, 0.15) is 17.1 Å². The summed E-state index contributed by atoms with van der Waals surface area (Å²) in [5, 5.41) is 18.7. The molecule has 3 nitrogen and oxygen atoms in total. The lowest BCUT2D eigenvalue weighted by Gasteiger charge is -2.35. The largest absolute Gasteiger partial charge is 0.508 e. The van der Waals surface area contributed by atoms with Crippen molar-refractivity contribution in [3.05, 3.63) is 23.3 Å². The van der Waals surface area contributed by atoms with E-state index in [1.807, 2.05) is 13.8 Å². The molecule has 82 valence electrons. The van der Waals surface area contributed by atoms with Crippen LogP contribution in [-0.2, 0) is 6.42 Å². The molecule has 0 bridgehead atoms. The summed E-state index contributed by atoms with van der Waals surface area (Å²) in [6.45, 7) is 3.83. The summed E-state index contributed by atoms with van der Waals surface area (Å²) in [4.78, 5) is 0. The Hall–Kier alpha value is -1.22. The lowest BCUT2D eigenvalue weighted by molar-refractivity contribution is 0.00741. The number of hydrogen-bond donors (Lipinski definition) is 2. The van der Waals surface area contributed by atoms with Crippen LogP contribution in [0.3, 0.4) is 0 Å². The number of aromatic hydroxyl groups is 1. The van der Waals surface area contributed by atoms with Gasteiger partial charge in [0.2, 0.25) is 0 Å². The molecule has 15 heavy (non-hydrogen) atoms. The first-order chi connectivity index (χ1) is 7.04. The number of hydrogen-bond acceptors (Lipinski definition) is 3. The van der Waals surface area contributed by atoms with Gasteiger partial charge in [-0.05, 0) is 49.9 Å². The van der Waals surface area contributed by atoms with Gasteiger partial charge in [0.25, 0.3) is 0 Å². The lowest BCUT2D eigenvalue weighted by atomic mass is 9.92. The van der Waals surface area contributed by atoms with Crippen molar-refractivity contribution in [1.29, 1.82) is 0 Å². The average Bonchev–Trinajstić information content (AvgIpc) is 2.20. The molecule has 2 N–H and O–H groups in total. The molecule has 0 saturated carbocycles. The maximum atomic E-state index is 9.45. The molecule has 0 amide bonds. The molecule has 1 aliphatic heterocycles. The predicted molar refractivity (Wildman–Crippen MR) is 57.3 cm³/mol. The molecule has 1 heterocycles. The number of fused-ring (bicyclic) bond motifs is 1. The number of rotatable bonds is 1. The van der Waals surface area contributed by atoms with E-state index in [4.69, 9.17) is 4.74 Å². The second-order valence-electron chi connectivity index (χ2n) is 4.46. The lowest BCUT2D eigenvalue weighted by Crippen LogP contribution is -2.40. The van der Waals surface area contributed by atoms with Gasteiger partial charge in [-0.2, -0.15) is 0 Å². The van der Waals surface area contributed by atoms with E-state index in [0.717, 1.165) is 29.7 Å². The molecule has 3 heteroatoms. The van der Waals surface area contributed by atoms with Crippen LogP contribution in [-0.4, -0.2) is 22.4 Å². The number of phenolic OH excluding ortho intramolecular Hbond substituents is 1. The number of aryl methyl sites for hydroxylation is 2. The van der Waals surface area contributed by atoms with Gasteiger partial charge in [-0.15, -0.1) is 0 Å². The van der Waals surface area contributed by atoms with E-state index in [-0.39, 0.29) is 12.4 Å². The van der Waals surface area contributed by atoms with Crippen molar-refractivity contribution in [1.82, 2.24) is 0 Å². The first kappa shape index (κ1) is 10.3. The zero-order chi connectivity index (χ0) is 11.1. The van der Waals surface area contributed by atoms with E-state index >= 15 is 0 Å². The van der Waals surface area contributed by atoms with Crippen LogP contribution in [0, 0.1) is 6.92 Å². The second-order valence-corrected chi connectivity index (χ2v) is 4.46. The summed E-state index contributed by atoms with van der Waals surface area (Å²) in [6, 6.07) is 3.42. The van der Waals surface area contributed by atoms with Crippen LogP contribution < -0.4 is 4.74 Å². The Morgan fingerprint density at radius 2 is 2.20 bits per heavy atom. The molecule has 0 unspecified atom stereocenters. The first-order valence-electron chi connectivity index (χ1n) is 5.16. The highest BCUT2D eigenvalue weighted by Gasteiger charge is 2.31. The van der Waals surface area contributed by atoms with Crippen LogP contribution in [0.4, 0.5) is 0 Å². The fourth-order valence-corrected chi connectivity index (χ4v) is 1.97. The summed E-state index contributed by atoms with van der Waals surface area (Å²) in [5.74, 6) is 1.10. The van der Waals surface area contributed by atoms with Crippen molar-refractivity contribution < 1.29 is 14.9 Å². The first-order valence-corrected chi connectivity index (χ1v) is 5.16. The minimum absolute atomic E-state index is 0.0206. The maximum Gasteiger partial charge on any atom is 0.129 e. The second kappa shape index (κ2) is 3.42. The highest BCUT2D eigenvalue weighted by atomic mass is 16.5. The molecular weight excluding hydrogens is 192 g/mol. The summed E-state index contributed by atoms with van der Waals surface area (Å²) in [6.07, 6.45) is 1.61. The van der Waals surface area contributed by atoms with Gasteiger partial charge in [-0.1, -0.05) is 0 Å². The van der Waals surface area contributed by atoms with Crippen LogP contribution in [0.25, 0.3) is 0 Å². The number of aliphatic hydroxyl groups excluding tert-OH is 1. The Bertz CT molecular complexity index is 387. The number of aliphatic hydroxyl groups is 1. The maximum absolute atomic E-state index is 9.45. The van der Waals surface area contributed by atoms with Crippen LogP contribution in [0.2, 0.25) is 0 Å². The van der Waals surface area contributed by atoms with Crippen molar-refractivity contribution in [2.24, 2.45) is 0 Å². The highest BCUT2D eigenvalue weighted by molar-refractivity contribution is 5.47. The van der Waals surface area contributed by atoms with E-state index < -0.39 is 5.60 Å². The van der Waals surface area contributed by atoms with Gasteiger partial charge in [-0.25, -0.2) is 0 Å². The van der Waals surface area contributed by atoms with Crippen molar-refractivity contribution in [3.63, 3.8) is 0 Å². The standard InChI is InChI=1S/C12H16O3/c1-8-5-10(14)6-9-3-4-12(2,7-13)15-11(8)9/h5-6,13-14H,3-4,7H2,1-2H3/t12-/m0/s1. The molecule has 0 saturated heterocycles. The number of phenols is 1. The number of ether oxygens (including phenoxy) is 1. The van der Waals surface area contributed by atoms with E-state index in [2.05, 4.69) is 0 Å². The van der Waals surface area contributed by atoms with Gasteiger partial charge >= 0.3 is 0 Å². The summed E-state index contributed by atoms with van der Waals surface area (Å²) >= 11 is 0. The topological polar surface area (TPSA) is 49.7 Å². The fourth-order valence-electron chi connectivity index (χ4n) is 1.97. The Balaban J connectivity index is 2.42. The Morgan fingerprint density at radius 3 is 2.87 bits per heavy atom. The summed E-state index contributed by atoms with van der Waals surface area (Å²) in [5.41, 5.74) is 1.47. The Kier molecular flexibility index (Phi) is 2.35. The molecule has 0 fully saturated rings. The minimum Gasteiger partial charge on any atom is -0.508 e. The van der Waals surface area contributed by atoms with Crippen molar-refractivity contribution in [2.45, 2.75) is 32.3 Å². The molecular formula is C12H16O3. The summed E-state index contributed by atoms with van der Waals surface area (Å²) in [7, 11) is 0. The third-order valence-electron chi connectivity index (χ3n) is 2.94. The average molecular weight is 208 g/mol. The van der Waals surface area contributed by atoms with Crippen LogP contribution >= 0.6 is 0 Å². The van der Waals surface area contributed by atoms with Gasteiger partial charge in [-0.3, -0.25) is 0 Å². The molecule has 0 radical (unpaired) electrons. The third-order valence-corrected chi connectivity index (χ3v) is 2.94. The van der Waals surface area contributed by atoms with E-state index in [0.29, 0.717) is 0 Å². The number of benzene rings is 1. The van der Waals surface area contributed by atoms with Crippen LogP contribution in [0.15, 0.2) is 12.1 Å². The van der Waals surface area contributed by atoms with Crippen LogP contribution in [0.1, 0.15) is 24.5 Å². The van der Waals surface area contributed by atoms with Gasteiger partial charge in [0.15, 0.2) is 0 Å². The molecule has 0 aromatic heterocycles. The van der Waals surface area contributed by atoms with Gasteiger partial charge in [0.05, 0.1) is 6.61 Å². The quantitative estimate of drug-likeness (QED) is 0.739. The minimum atomic E-state index is -0.477. The fraction of sp³-hybridized carbons (Fsp3) is 0.500. The molecule has 0 spiro atoms.